The number of rotatable bonds is 3. The molecule has 0 spiro atoms. The zero-order chi connectivity index (χ0) is 8.91. The third-order valence-electron chi connectivity index (χ3n) is 0.924. The molecule has 2 nitrogen and oxygen atoms in total. The van der Waals surface area contributed by atoms with Crippen LogP contribution in [-0.4, -0.2) is 26.6 Å². The molecule has 0 aromatic rings. The lowest BCUT2D eigenvalue weighted by Crippen LogP contribution is -2.24. The van der Waals surface area contributed by atoms with E-state index in [2.05, 4.69) is 0 Å². The fourth-order valence-corrected chi connectivity index (χ4v) is 1.85. The monoisotopic (exact) mass is 192 g/mol. The van der Waals surface area contributed by atoms with Crippen LogP contribution in [0.1, 0.15) is 27.7 Å². The van der Waals surface area contributed by atoms with Gasteiger partial charge in [-0.15, -0.1) is 0 Å². The third kappa shape index (κ3) is 10.1. The van der Waals surface area contributed by atoms with Crippen molar-refractivity contribution in [3.8, 4) is 0 Å². The Morgan fingerprint density at radius 1 is 1.45 bits per heavy atom. The summed E-state index contributed by atoms with van der Waals surface area (Å²) in [6.45, 7) is 7.92. The maximum Gasteiger partial charge on any atom is 0.201 e. The Balaban J connectivity index is 3.22. The lowest BCUT2D eigenvalue weighted by molar-refractivity contribution is 0.131. The largest absolute Gasteiger partial charge is 0.489 e. The van der Waals surface area contributed by atoms with Gasteiger partial charge in [-0.3, -0.25) is 0 Å². The predicted octanol–water partition coefficient (Wildman–Crippen LogP) is 1.21. The summed E-state index contributed by atoms with van der Waals surface area (Å²) in [7, 11) is -0.545. The van der Waals surface area contributed by atoms with Crippen molar-refractivity contribution < 1.29 is 9.16 Å². The first-order valence-electron chi connectivity index (χ1n) is 3.69. The van der Waals surface area contributed by atoms with Gasteiger partial charge in [-0.2, -0.15) is 0 Å². The summed E-state index contributed by atoms with van der Waals surface area (Å²) in [6.07, 6.45) is 0.687. The van der Waals surface area contributed by atoms with Crippen LogP contribution >= 0.6 is 12.2 Å². The van der Waals surface area contributed by atoms with Crippen LogP contribution in [-0.2, 0) is 9.16 Å². The second-order valence-corrected chi connectivity index (χ2v) is 4.98. The lowest BCUT2D eigenvalue weighted by Gasteiger charge is -2.19. The summed E-state index contributed by atoms with van der Waals surface area (Å²) in [5.74, 6) is 0. The van der Waals surface area contributed by atoms with Crippen LogP contribution in [0.5, 0.6) is 0 Å². The van der Waals surface area contributed by atoms with Gasteiger partial charge in [0.1, 0.15) is 0 Å². The van der Waals surface area contributed by atoms with E-state index in [1.54, 1.807) is 6.92 Å². The molecule has 0 radical (unpaired) electrons. The predicted molar refractivity (Wildman–Crippen MR) is 53.6 cm³/mol. The van der Waals surface area contributed by atoms with E-state index in [1.165, 1.54) is 0 Å². The molecule has 0 amide bonds. The maximum absolute atomic E-state index is 5.53. The van der Waals surface area contributed by atoms with E-state index in [0.29, 0.717) is 11.3 Å². The van der Waals surface area contributed by atoms with E-state index in [4.69, 9.17) is 21.4 Å². The molecule has 0 atom stereocenters. The maximum atomic E-state index is 5.53. The zero-order valence-electron chi connectivity index (χ0n) is 7.64. The molecule has 0 aromatic carbocycles. The molecule has 0 fully saturated rings. The fourth-order valence-electron chi connectivity index (χ4n) is 0.533. The summed E-state index contributed by atoms with van der Waals surface area (Å²) in [6, 6.07) is 0. The molecule has 4 heteroatoms. The van der Waals surface area contributed by atoms with Crippen molar-refractivity contribution in [3.63, 3.8) is 0 Å². The molecule has 66 valence electrons. The van der Waals surface area contributed by atoms with Gasteiger partial charge in [0, 0.05) is 12.5 Å². The second kappa shape index (κ2) is 4.85. The Kier molecular flexibility index (Phi) is 4.88. The van der Waals surface area contributed by atoms with Gasteiger partial charge in [0.2, 0.25) is 9.76 Å². The molecule has 0 saturated carbocycles. The lowest BCUT2D eigenvalue weighted by atomic mass is 10.2. The summed E-state index contributed by atoms with van der Waals surface area (Å²) < 4.78 is 10.6. The third-order valence-corrected chi connectivity index (χ3v) is 2.48. The molecule has 0 N–H and O–H groups in total. The van der Waals surface area contributed by atoms with Crippen molar-refractivity contribution >= 4 is 27.0 Å². The van der Waals surface area contributed by atoms with Crippen LogP contribution in [0.15, 0.2) is 0 Å². The van der Waals surface area contributed by atoms with Crippen molar-refractivity contribution in [3.05, 3.63) is 0 Å². The summed E-state index contributed by atoms with van der Waals surface area (Å²) >= 11 is 4.75. The average Bonchev–Trinajstić information content (AvgIpc) is 1.78. The Bertz CT molecular complexity index is 131. The fraction of sp³-hybridized carbons (Fsp3) is 0.857. The molecule has 0 rings (SSSR count). The van der Waals surface area contributed by atoms with Crippen molar-refractivity contribution in [2.45, 2.75) is 33.3 Å². The van der Waals surface area contributed by atoms with Gasteiger partial charge in [0.05, 0.1) is 6.23 Å². The summed E-state index contributed by atoms with van der Waals surface area (Å²) in [5, 5.41) is 0.606. The summed E-state index contributed by atoms with van der Waals surface area (Å²) in [4.78, 5) is 0. The molecule has 0 aromatic heterocycles. The first kappa shape index (κ1) is 11.1. The van der Waals surface area contributed by atoms with Crippen LogP contribution in [0.25, 0.3) is 0 Å². The average molecular weight is 192 g/mol. The number of hydrogen-bond donors (Lipinski definition) is 0. The van der Waals surface area contributed by atoms with Gasteiger partial charge in [-0.1, -0.05) is 0 Å². The van der Waals surface area contributed by atoms with E-state index in [9.17, 15) is 0 Å². The van der Waals surface area contributed by atoms with Gasteiger partial charge >= 0.3 is 0 Å². The zero-order valence-corrected chi connectivity index (χ0v) is 9.87. The second-order valence-electron chi connectivity index (χ2n) is 3.30. The molecule has 0 aliphatic rings. The van der Waals surface area contributed by atoms with Gasteiger partial charge in [0.25, 0.3) is 0 Å². The van der Waals surface area contributed by atoms with Crippen LogP contribution < -0.4 is 0 Å². The minimum Gasteiger partial charge on any atom is -0.489 e. The van der Waals surface area contributed by atoms with Gasteiger partial charge in [0.15, 0.2) is 5.05 Å². The molecular weight excluding hydrogens is 176 g/mol. The van der Waals surface area contributed by atoms with Crippen molar-refractivity contribution in [1.29, 1.82) is 0 Å². The number of ether oxygens (including phenoxy) is 1. The minimum atomic E-state index is -0.545. The van der Waals surface area contributed by atoms with Crippen LogP contribution in [0.4, 0.5) is 0 Å². The van der Waals surface area contributed by atoms with Crippen LogP contribution in [0, 0.1) is 0 Å². The van der Waals surface area contributed by atoms with Gasteiger partial charge in [-0.25, -0.2) is 0 Å². The summed E-state index contributed by atoms with van der Waals surface area (Å²) in [5.41, 5.74) is -0.0229. The molecule has 0 aliphatic heterocycles. The Morgan fingerprint density at radius 3 is 2.36 bits per heavy atom. The Hall–Kier alpha value is 0.0669. The van der Waals surface area contributed by atoms with Crippen molar-refractivity contribution in [2.75, 3.05) is 6.23 Å². The number of thiocarbonyl (C=S) groups is 1. The van der Waals surface area contributed by atoms with E-state index in [-0.39, 0.29) is 5.60 Å². The normalized spacial score (nSPS) is 12.4. The van der Waals surface area contributed by atoms with E-state index < -0.39 is 9.76 Å². The molecule has 0 aliphatic carbocycles. The molecular formula is C7H16O2SSi. The highest BCUT2D eigenvalue weighted by Gasteiger charge is 2.08. The molecule has 11 heavy (non-hydrogen) atoms. The molecule has 0 bridgehead atoms. The molecule has 0 unspecified atom stereocenters. The Labute approximate surface area is 76.2 Å². The van der Waals surface area contributed by atoms with Crippen molar-refractivity contribution in [1.82, 2.24) is 0 Å². The Morgan fingerprint density at radius 2 is 2.00 bits per heavy atom. The molecule has 0 saturated heterocycles. The van der Waals surface area contributed by atoms with E-state index in [1.807, 2.05) is 20.8 Å². The highest BCUT2D eigenvalue weighted by atomic mass is 32.1. The first-order valence-corrected chi connectivity index (χ1v) is 5.68. The highest BCUT2D eigenvalue weighted by molar-refractivity contribution is 7.80. The van der Waals surface area contributed by atoms with Crippen molar-refractivity contribution in [2.24, 2.45) is 0 Å². The highest BCUT2D eigenvalue weighted by Crippen LogP contribution is 2.04. The van der Waals surface area contributed by atoms with Gasteiger partial charge < -0.3 is 9.16 Å². The smallest absolute Gasteiger partial charge is 0.201 e. The van der Waals surface area contributed by atoms with Gasteiger partial charge in [-0.05, 0) is 33.0 Å². The minimum absolute atomic E-state index is 0.0229. The van der Waals surface area contributed by atoms with E-state index in [0.717, 1.165) is 0 Å². The SMILES string of the molecule is CC(=S)OC[SiH2]OC(C)(C)C. The topological polar surface area (TPSA) is 18.5 Å². The van der Waals surface area contributed by atoms with Crippen LogP contribution in [0.3, 0.4) is 0 Å². The van der Waals surface area contributed by atoms with E-state index >= 15 is 0 Å². The number of hydrogen-bond acceptors (Lipinski definition) is 3. The quantitative estimate of drug-likeness (QED) is 0.380. The first-order chi connectivity index (χ1) is 4.92. The van der Waals surface area contributed by atoms with Crippen LogP contribution in [0.2, 0.25) is 0 Å². The molecule has 0 heterocycles. The standard InChI is InChI=1S/C7H16O2SSi/c1-6(10)8-5-11-9-7(2,3)4/h5,11H2,1-4H3.